The second-order valence-corrected chi connectivity index (χ2v) is 9.07. The SMILES string of the molecule is CS(=O)(=O)N1CC[C@@H](Nc2ncc3c(F)cc(-c4cccc(F)c4F)n3n2)[C@H](O)C1. The molecule has 0 amide bonds. The number of aliphatic hydroxyl groups excluding tert-OH is 1. The quantitative estimate of drug-likeness (QED) is 0.638. The maximum Gasteiger partial charge on any atom is 0.241 e. The van der Waals surface area contributed by atoms with Crippen molar-refractivity contribution in [3.05, 3.63) is 47.9 Å². The third kappa shape index (κ3) is 3.73. The predicted octanol–water partition coefficient (Wildman–Crippen LogP) is 1.62. The Morgan fingerprint density at radius 3 is 2.70 bits per heavy atom. The van der Waals surface area contributed by atoms with Crippen molar-refractivity contribution in [1.82, 2.24) is 18.9 Å². The largest absolute Gasteiger partial charge is 0.390 e. The Balaban J connectivity index is 1.65. The molecular formula is C18H18F3N5O3S. The van der Waals surface area contributed by atoms with Crippen molar-refractivity contribution in [2.45, 2.75) is 18.6 Å². The van der Waals surface area contributed by atoms with Crippen molar-refractivity contribution < 1.29 is 26.7 Å². The van der Waals surface area contributed by atoms with Crippen LogP contribution in [0.4, 0.5) is 19.1 Å². The molecule has 0 bridgehead atoms. The zero-order chi connectivity index (χ0) is 21.6. The van der Waals surface area contributed by atoms with E-state index in [1.807, 2.05) is 0 Å². The van der Waals surface area contributed by atoms with Gasteiger partial charge in [0.05, 0.1) is 30.3 Å². The van der Waals surface area contributed by atoms with Gasteiger partial charge >= 0.3 is 0 Å². The summed E-state index contributed by atoms with van der Waals surface area (Å²) in [4.78, 5) is 4.02. The molecule has 1 fully saturated rings. The fourth-order valence-corrected chi connectivity index (χ4v) is 4.31. The van der Waals surface area contributed by atoms with Gasteiger partial charge in [0.15, 0.2) is 17.5 Å². The molecule has 0 radical (unpaired) electrons. The number of nitrogens with zero attached hydrogens (tertiary/aromatic N) is 4. The van der Waals surface area contributed by atoms with E-state index in [0.29, 0.717) is 6.42 Å². The van der Waals surface area contributed by atoms with Gasteiger partial charge in [0.2, 0.25) is 16.0 Å². The van der Waals surface area contributed by atoms with Crippen LogP contribution in [-0.2, 0) is 10.0 Å². The number of anilines is 1. The number of fused-ring (bicyclic) bond motifs is 1. The smallest absolute Gasteiger partial charge is 0.241 e. The van der Waals surface area contributed by atoms with Gasteiger partial charge in [-0.1, -0.05) is 6.07 Å². The summed E-state index contributed by atoms with van der Waals surface area (Å²) in [5.41, 5.74) is -0.205. The van der Waals surface area contributed by atoms with Crippen LogP contribution in [0.5, 0.6) is 0 Å². The number of aliphatic hydroxyl groups is 1. The number of nitrogens with one attached hydrogen (secondary N) is 1. The van der Waals surface area contributed by atoms with Crippen LogP contribution in [0.2, 0.25) is 0 Å². The molecule has 30 heavy (non-hydrogen) atoms. The van der Waals surface area contributed by atoms with Crippen LogP contribution in [0.25, 0.3) is 16.8 Å². The molecule has 4 rings (SSSR count). The molecule has 2 aromatic heterocycles. The van der Waals surface area contributed by atoms with Crippen LogP contribution in [-0.4, -0.2) is 63.9 Å². The lowest BCUT2D eigenvalue weighted by molar-refractivity contribution is 0.0950. The Labute approximate surface area is 170 Å². The van der Waals surface area contributed by atoms with Gasteiger partial charge in [0.1, 0.15) is 5.52 Å². The lowest BCUT2D eigenvalue weighted by Crippen LogP contribution is -2.51. The Bertz CT molecular complexity index is 1220. The second kappa shape index (κ2) is 7.52. The first kappa shape index (κ1) is 20.6. The maximum absolute atomic E-state index is 14.3. The van der Waals surface area contributed by atoms with E-state index in [4.69, 9.17) is 0 Å². The first-order valence-electron chi connectivity index (χ1n) is 9.03. The molecule has 0 unspecified atom stereocenters. The topological polar surface area (TPSA) is 99.8 Å². The Hall–Kier alpha value is -2.70. The molecule has 3 aromatic rings. The molecule has 2 N–H and O–H groups in total. The zero-order valence-electron chi connectivity index (χ0n) is 15.8. The lowest BCUT2D eigenvalue weighted by atomic mass is 10.0. The van der Waals surface area contributed by atoms with Crippen molar-refractivity contribution in [2.24, 2.45) is 0 Å². The lowest BCUT2D eigenvalue weighted by Gasteiger charge is -2.34. The zero-order valence-corrected chi connectivity index (χ0v) is 16.6. The van der Waals surface area contributed by atoms with Crippen molar-refractivity contribution in [3.8, 4) is 11.3 Å². The molecule has 1 aromatic carbocycles. The van der Waals surface area contributed by atoms with Crippen LogP contribution in [0.1, 0.15) is 6.42 Å². The third-order valence-corrected chi connectivity index (χ3v) is 6.29. The number of rotatable bonds is 4. The van der Waals surface area contributed by atoms with Gasteiger partial charge in [-0.2, -0.15) is 4.31 Å². The highest BCUT2D eigenvalue weighted by atomic mass is 32.2. The number of halogens is 3. The molecule has 8 nitrogen and oxygen atoms in total. The van der Waals surface area contributed by atoms with E-state index in [-0.39, 0.29) is 35.8 Å². The molecule has 1 saturated heterocycles. The Morgan fingerprint density at radius 2 is 2.00 bits per heavy atom. The van der Waals surface area contributed by atoms with Crippen molar-refractivity contribution >= 4 is 21.5 Å². The summed E-state index contributed by atoms with van der Waals surface area (Å²) in [6.07, 6.45) is 1.53. The molecule has 160 valence electrons. The maximum atomic E-state index is 14.3. The van der Waals surface area contributed by atoms with E-state index in [1.54, 1.807) is 0 Å². The molecule has 1 aliphatic heterocycles. The van der Waals surface area contributed by atoms with Gasteiger partial charge in [-0.15, -0.1) is 5.10 Å². The summed E-state index contributed by atoms with van der Waals surface area (Å²) < 4.78 is 67.7. The van der Waals surface area contributed by atoms with Gasteiger partial charge in [0.25, 0.3) is 0 Å². The van der Waals surface area contributed by atoms with Gasteiger partial charge < -0.3 is 10.4 Å². The number of hydrogen-bond acceptors (Lipinski definition) is 6. The van der Waals surface area contributed by atoms with E-state index in [9.17, 15) is 26.7 Å². The average molecular weight is 441 g/mol. The first-order chi connectivity index (χ1) is 14.1. The minimum absolute atomic E-state index is 0.00241. The van der Waals surface area contributed by atoms with E-state index in [1.165, 1.54) is 22.6 Å². The normalized spacial score (nSPS) is 20.6. The van der Waals surface area contributed by atoms with Gasteiger partial charge in [0, 0.05) is 24.7 Å². The standard InChI is InChI=1S/C18H18F3N5O3S/c1-30(28,29)25-6-5-13(16(27)9-25)23-18-22-8-15-12(20)7-14(26(15)24-18)10-3-2-4-11(19)17(10)21/h2-4,7-8,13,16,27H,5-6,9H2,1H3,(H,23,24)/t13-,16-/m1/s1. The van der Waals surface area contributed by atoms with Crippen LogP contribution in [0.15, 0.2) is 30.5 Å². The number of aromatic nitrogens is 3. The number of benzene rings is 1. The van der Waals surface area contributed by atoms with Gasteiger partial charge in [-0.3, -0.25) is 0 Å². The summed E-state index contributed by atoms with van der Waals surface area (Å²) in [6.45, 7) is 0.115. The summed E-state index contributed by atoms with van der Waals surface area (Å²) in [6, 6.07) is 4.05. The molecule has 0 saturated carbocycles. The highest BCUT2D eigenvalue weighted by Crippen LogP contribution is 2.28. The minimum atomic E-state index is -3.42. The summed E-state index contributed by atoms with van der Waals surface area (Å²) >= 11 is 0. The summed E-state index contributed by atoms with van der Waals surface area (Å²) in [7, 11) is -3.42. The average Bonchev–Trinajstić information content (AvgIpc) is 3.01. The van der Waals surface area contributed by atoms with Crippen LogP contribution >= 0.6 is 0 Å². The molecule has 12 heteroatoms. The fourth-order valence-electron chi connectivity index (χ4n) is 3.45. The summed E-state index contributed by atoms with van der Waals surface area (Å²) in [5.74, 6) is -2.89. The molecular weight excluding hydrogens is 423 g/mol. The predicted molar refractivity (Wildman–Crippen MR) is 103 cm³/mol. The number of hydrogen-bond donors (Lipinski definition) is 2. The van der Waals surface area contributed by atoms with Crippen LogP contribution in [0, 0.1) is 17.5 Å². The number of piperidine rings is 1. The third-order valence-electron chi connectivity index (χ3n) is 5.02. The monoisotopic (exact) mass is 441 g/mol. The fraction of sp³-hybridized carbons (Fsp3) is 0.333. The Morgan fingerprint density at radius 1 is 1.23 bits per heavy atom. The van der Waals surface area contributed by atoms with Crippen LogP contribution < -0.4 is 5.32 Å². The van der Waals surface area contributed by atoms with Crippen molar-refractivity contribution in [1.29, 1.82) is 0 Å². The number of β-amino-alcohol motifs (C(OH)–C–C–N with tert-alkyl or cyclic N) is 1. The van der Waals surface area contributed by atoms with E-state index < -0.39 is 39.6 Å². The van der Waals surface area contributed by atoms with E-state index >= 15 is 0 Å². The van der Waals surface area contributed by atoms with Gasteiger partial charge in [-0.05, 0) is 18.6 Å². The van der Waals surface area contributed by atoms with E-state index in [2.05, 4.69) is 15.4 Å². The van der Waals surface area contributed by atoms with E-state index in [0.717, 1.165) is 22.9 Å². The molecule has 3 heterocycles. The first-order valence-corrected chi connectivity index (χ1v) is 10.9. The van der Waals surface area contributed by atoms with Crippen molar-refractivity contribution in [3.63, 3.8) is 0 Å². The van der Waals surface area contributed by atoms with Crippen LogP contribution in [0.3, 0.4) is 0 Å². The second-order valence-electron chi connectivity index (χ2n) is 7.09. The van der Waals surface area contributed by atoms with Crippen molar-refractivity contribution in [2.75, 3.05) is 24.7 Å². The summed E-state index contributed by atoms with van der Waals surface area (Å²) in [5, 5.41) is 17.4. The highest BCUT2D eigenvalue weighted by molar-refractivity contribution is 7.88. The molecule has 0 spiro atoms. The highest BCUT2D eigenvalue weighted by Gasteiger charge is 2.32. The number of sulfonamides is 1. The molecule has 1 aliphatic rings. The minimum Gasteiger partial charge on any atom is -0.390 e. The van der Waals surface area contributed by atoms with Gasteiger partial charge in [-0.25, -0.2) is 31.1 Å². The molecule has 2 atom stereocenters. The Kier molecular flexibility index (Phi) is 5.16. The molecule has 0 aliphatic carbocycles.